The van der Waals surface area contributed by atoms with Gasteiger partial charge in [-0.25, -0.2) is 0 Å². The molecule has 2 aliphatic rings. The van der Waals surface area contributed by atoms with Crippen molar-refractivity contribution in [1.29, 1.82) is 0 Å². The SMILES string of the molecule is CC1(C)c2ccccc2-c2cc3c(-c4ccc5c6c(cccc46)-c4ccccc4-5)c4ccc(-c5ccc6ccccc6c5)cc4c(-c4ccc(-c5ccccc5)cc4)c3cc21. The molecule has 11 aromatic rings. The third kappa shape index (κ3) is 4.94. The van der Waals surface area contributed by atoms with E-state index in [9.17, 15) is 0 Å². The summed E-state index contributed by atoms with van der Waals surface area (Å²) in [4.78, 5) is 0. The number of hydrogen-bond donors (Lipinski definition) is 0. The van der Waals surface area contributed by atoms with Gasteiger partial charge in [0.05, 0.1) is 0 Å². The first kappa shape index (κ1) is 34.3. The summed E-state index contributed by atoms with van der Waals surface area (Å²) in [7, 11) is 0. The molecule has 0 radical (unpaired) electrons. The van der Waals surface area contributed by atoms with E-state index in [1.807, 2.05) is 0 Å². The summed E-state index contributed by atoms with van der Waals surface area (Å²) in [5, 5.41) is 10.3. The Hall–Kier alpha value is -7.54. The second-order valence-electron chi connectivity index (χ2n) is 17.6. The molecule has 0 N–H and O–H groups in total. The van der Waals surface area contributed by atoms with E-state index < -0.39 is 0 Å². The van der Waals surface area contributed by atoms with E-state index in [1.54, 1.807) is 0 Å². The summed E-state index contributed by atoms with van der Waals surface area (Å²) >= 11 is 0. The Morgan fingerprint density at radius 1 is 0.262 bits per heavy atom. The summed E-state index contributed by atoms with van der Waals surface area (Å²) < 4.78 is 0. The van der Waals surface area contributed by atoms with Gasteiger partial charge in [0.1, 0.15) is 0 Å². The predicted octanol–water partition coefficient (Wildman–Crippen LogP) is 16.9. The first-order valence-electron chi connectivity index (χ1n) is 21.5. The molecule has 0 saturated carbocycles. The summed E-state index contributed by atoms with van der Waals surface area (Å²) in [6.45, 7) is 4.80. The lowest BCUT2D eigenvalue weighted by Crippen LogP contribution is -2.14. The van der Waals surface area contributed by atoms with Gasteiger partial charge in [-0.15, -0.1) is 0 Å². The van der Waals surface area contributed by atoms with Crippen LogP contribution in [-0.2, 0) is 5.41 Å². The van der Waals surface area contributed by atoms with Gasteiger partial charge in [-0.3, -0.25) is 0 Å². The minimum absolute atomic E-state index is 0.148. The van der Waals surface area contributed by atoms with Gasteiger partial charge >= 0.3 is 0 Å². The number of fused-ring (bicyclic) bond motifs is 9. The highest BCUT2D eigenvalue weighted by molar-refractivity contribution is 6.27. The van der Waals surface area contributed by atoms with Crippen molar-refractivity contribution in [3.05, 3.63) is 217 Å². The molecular weight excluding hydrogens is 733 g/mol. The van der Waals surface area contributed by atoms with Crippen molar-refractivity contribution < 1.29 is 0 Å². The van der Waals surface area contributed by atoms with Crippen molar-refractivity contribution in [1.82, 2.24) is 0 Å². The van der Waals surface area contributed by atoms with Crippen molar-refractivity contribution in [3.63, 3.8) is 0 Å². The van der Waals surface area contributed by atoms with E-state index in [-0.39, 0.29) is 5.41 Å². The topological polar surface area (TPSA) is 0 Å². The Kier molecular flexibility index (Phi) is 7.17. The summed E-state index contributed by atoms with van der Waals surface area (Å²) in [5.74, 6) is 0. The average Bonchev–Trinajstić information content (AvgIpc) is 3.76. The van der Waals surface area contributed by atoms with Crippen molar-refractivity contribution in [2.45, 2.75) is 19.3 Å². The fourth-order valence-corrected chi connectivity index (χ4v) is 11.1. The summed E-state index contributed by atoms with van der Waals surface area (Å²) in [6.07, 6.45) is 0. The number of hydrogen-bond acceptors (Lipinski definition) is 0. The van der Waals surface area contributed by atoms with E-state index in [4.69, 9.17) is 0 Å². The van der Waals surface area contributed by atoms with Crippen LogP contribution in [0.4, 0.5) is 0 Å². The second kappa shape index (κ2) is 12.7. The predicted molar refractivity (Wildman–Crippen MR) is 260 cm³/mol. The van der Waals surface area contributed by atoms with E-state index in [1.165, 1.54) is 132 Å². The molecule has 11 aromatic carbocycles. The Bertz CT molecular complexity index is 3610. The van der Waals surface area contributed by atoms with Crippen LogP contribution in [0.25, 0.3) is 121 Å². The molecule has 0 heteroatoms. The van der Waals surface area contributed by atoms with Gasteiger partial charge in [0.25, 0.3) is 0 Å². The fraction of sp³-hybridized carbons (Fsp3) is 0.0492. The summed E-state index contributed by atoms with van der Waals surface area (Å²) in [5.41, 5.74) is 20.6. The van der Waals surface area contributed by atoms with Crippen LogP contribution < -0.4 is 0 Å². The standard InChI is InChI=1S/C61H40/c1-61(2)56-22-11-10-19-46(56)52-35-54-55(36-57(52)61)58(40-26-23-39(24-27-40)37-13-4-3-5-14-37)53-34-43(42-28-25-38-15-6-7-16-41(38)33-42)29-30-51(53)60(54)50-32-31-49-45-18-9-8-17-44(45)47-20-12-21-48(50)59(47)49/h3-36H,1-2H3. The number of benzene rings is 11. The first-order chi connectivity index (χ1) is 30.0. The van der Waals surface area contributed by atoms with Gasteiger partial charge in [-0.1, -0.05) is 196 Å². The van der Waals surface area contributed by atoms with Gasteiger partial charge in [-0.2, -0.15) is 0 Å². The molecular formula is C61H40. The van der Waals surface area contributed by atoms with Crippen LogP contribution in [0.15, 0.2) is 206 Å². The molecule has 0 aliphatic heterocycles. The normalized spacial score (nSPS) is 13.2. The third-order valence-corrected chi connectivity index (χ3v) is 14.0. The molecule has 0 saturated heterocycles. The molecule has 0 amide bonds. The van der Waals surface area contributed by atoms with E-state index >= 15 is 0 Å². The third-order valence-electron chi connectivity index (χ3n) is 14.0. The van der Waals surface area contributed by atoms with Crippen LogP contribution in [-0.4, -0.2) is 0 Å². The molecule has 0 atom stereocenters. The van der Waals surface area contributed by atoms with Crippen LogP contribution in [0.3, 0.4) is 0 Å². The molecule has 0 nitrogen and oxygen atoms in total. The lowest BCUT2D eigenvalue weighted by Gasteiger charge is -2.24. The van der Waals surface area contributed by atoms with Crippen LogP contribution >= 0.6 is 0 Å². The number of rotatable bonds is 4. The lowest BCUT2D eigenvalue weighted by molar-refractivity contribution is 0.661. The van der Waals surface area contributed by atoms with Gasteiger partial charge in [0.15, 0.2) is 0 Å². The average molecular weight is 773 g/mol. The highest BCUT2D eigenvalue weighted by atomic mass is 14.4. The highest BCUT2D eigenvalue weighted by Crippen LogP contribution is 2.56. The highest BCUT2D eigenvalue weighted by Gasteiger charge is 2.36. The first-order valence-corrected chi connectivity index (χ1v) is 21.5. The fourth-order valence-electron chi connectivity index (χ4n) is 11.1. The van der Waals surface area contributed by atoms with Gasteiger partial charge in [0.2, 0.25) is 0 Å². The largest absolute Gasteiger partial charge is 0.0622 e. The second-order valence-corrected chi connectivity index (χ2v) is 17.6. The Morgan fingerprint density at radius 2 is 0.836 bits per heavy atom. The van der Waals surface area contributed by atoms with E-state index in [0.717, 1.165) is 0 Å². The van der Waals surface area contributed by atoms with Crippen molar-refractivity contribution in [3.8, 4) is 77.9 Å². The van der Waals surface area contributed by atoms with Gasteiger partial charge < -0.3 is 0 Å². The molecule has 61 heavy (non-hydrogen) atoms. The van der Waals surface area contributed by atoms with Crippen molar-refractivity contribution in [2.24, 2.45) is 0 Å². The van der Waals surface area contributed by atoms with Gasteiger partial charge in [-0.05, 0) is 156 Å². The maximum absolute atomic E-state index is 2.56. The Morgan fingerprint density at radius 3 is 1.66 bits per heavy atom. The zero-order valence-electron chi connectivity index (χ0n) is 34.1. The molecule has 0 fully saturated rings. The zero-order valence-corrected chi connectivity index (χ0v) is 34.1. The van der Waals surface area contributed by atoms with E-state index in [2.05, 4.69) is 220 Å². The minimum atomic E-state index is -0.148. The minimum Gasteiger partial charge on any atom is -0.0622 e. The van der Waals surface area contributed by atoms with Crippen molar-refractivity contribution >= 4 is 43.1 Å². The lowest BCUT2D eigenvalue weighted by atomic mass is 9.79. The molecule has 0 bridgehead atoms. The van der Waals surface area contributed by atoms with Crippen LogP contribution in [0, 0.1) is 0 Å². The van der Waals surface area contributed by atoms with Crippen molar-refractivity contribution in [2.75, 3.05) is 0 Å². The maximum Gasteiger partial charge on any atom is 0.0159 e. The quantitative estimate of drug-likeness (QED) is 0.156. The van der Waals surface area contributed by atoms with E-state index in [0.29, 0.717) is 0 Å². The Labute approximate surface area is 356 Å². The van der Waals surface area contributed by atoms with Crippen LogP contribution in [0.2, 0.25) is 0 Å². The molecule has 284 valence electrons. The maximum atomic E-state index is 2.56. The molecule has 2 aliphatic carbocycles. The monoisotopic (exact) mass is 772 g/mol. The zero-order chi connectivity index (χ0) is 40.4. The smallest absolute Gasteiger partial charge is 0.0159 e. The van der Waals surface area contributed by atoms with Gasteiger partial charge in [0, 0.05) is 5.41 Å². The molecule has 0 aromatic heterocycles. The molecule has 13 rings (SSSR count). The Balaban J connectivity index is 1.17. The summed E-state index contributed by atoms with van der Waals surface area (Å²) in [6, 6.07) is 77.6. The van der Waals surface area contributed by atoms with Crippen LogP contribution in [0.5, 0.6) is 0 Å². The molecule has 0 unspecified atom stereocenters. The van der Waals surface area contributed by atoms with Crippen LogP contribution in [0.1, 0.15) is 25.0 Å². The molecule has 0 heterocycles. The molecule has 0 spiro atoms.